The highest BCUT2D eigenvalue weighted by Gasteiger charge is 2.19. The van der Waals surface area contributed by atoms with Crippen molar-refractivity contribution >= 4 is 17.9 Å². The largest absolute Gasteiger partial charge is 0.462 e. The van der Waals surface area contributed by atoms with Gasteiger partial charge in [0, 0.05) is 19.3 Å². The molecule has 0 aromatic heterocycles. The lowest BCUT2D eigenvalue weighted by molar-refractivity contribution is -0.167. The van der Waals surface area contributed by atoms with Crippen LogP contribution in [0.4, 0.5) is 0 Å². The highest BCUT2D eigenvalue weighted by Crippen LogP contribution is 2.18. The minimum Gasteiger partial charge on any atom is -0.462 e. The number of ether oxygens (including phenoxy) is 3. The quantitative estimate of drug-likeness (QED) is 0.0261. The highest BCUT2D eigenvalue weighted by atomic mass is 16.6. The van der Waals surface area contributed by atoms with Crippen molar-refractivity contribution in [3.8, 4) is 0 Å². The van der Waals surface area contributed by atoms with Crippen molar-refractivity contribution < 1.29 is 28.6 Å². The Balaban J connectivity index is 4.29. The highest BCUT2D eigenvalue weighted by molar-refractivity contribution is 5.71. The Hall–Kier alpha value is -2.11. The first kappa shape index (κ1) is 70.9. The number of rotatable bonds is 61. The van der Waals surface area contributed by atoms with Crippen LogP contribution in [-0.4, -0.2) is 37.2 Å². The van der Waals surface area contributed by atoms with E-state index < -0.39 is 6.10 Å². The maximum absolute atomic E-state index is 12.9. The standard InChI is InChI=1S/C67H126O6/c1-4-7-10-13-16-19-22-25-28-31-32-33-34-35-37-39-42-45-48-51-54-57-60-66(69)72-63-64(62-71-65(68)59-56-53-50-47-44-41-38-30-27-24-21-18-15-12-9-6-3)73-67(70)61-58-55-52-49-46-43-40-36-29-26-23-20-17-14-11-8-5-2/h17,20,26,29,64H,4-16,18-19,21-25,27-28,30-63H2,1-3H3/b20-17-,29-26-. The molecule has 0 rings (SSSR count). The Morgan fingerprint density at radius 2 is 0.493 bits per heavy atom. The van der Waals surface area contributed by atoms with Gasteiger partial charge in [0.25, 0.3) is 0 Å². The van der Waals surface area contributed by atoms with Crippen molar-refractivity contribution in [3.05, 3.63) is 24.3 Å². The van der Waals surface area contributed by atoms with E-state index in [2.05, 4.69) is 45.1 Å². The normalized spacial score (nSPS) is 12.1. The first-order valence-electron chi connectivity index (χ1n) is 32.8. The van der Waals surface area contributed by atoms with Crippen LogP contribution < -0.4 is 0 Å². The van der Waals surface area contributed by atoms with Gasteiger partial charge in [-0.25, -0.2) is 0 Å². The van der Waals surface area contributed by atoms with Crippen LogP contribution in [0.2, 0.25) is 0 Å². The fourth-order valence-electron chi connectivity index (χ4n) is 10.0. The molecule has 0 aromatic carbocycles. The molecule has 0 aliphatic heterocycles. The zero-order chi connectivity index (χ0) is 52.9. The Bertz CT molecular complexity index is 1180. The van der Waals surface area contributed by atoms with Gasteiger partial charge in [0.05, 0.1) is 0 Å². The lowest BCUT2D eigenvalue weighted by atomic mass is 10.0. The smallest absolute Gasteiger partial charge is 0.306 e. The molecule has 0 aliphatic rings. The van der Waals surface area contributed by atoms with Crippen LogP contribution in [0, 0.1) is 0 Å². The van der Waals surface area contributed by atoms with Crippen molar-refractivity contribution in [2.75, 3.05) is 13.2 Å². The average molecular weight is 1030 g/mol. The average Bonchev–Trinajstić information content (AvgIpc) is 3.39. The molecule has 0 aliphatic carbocycles. The third-order valence-corrected chi connectivity index (χ3v) is 15.0. The maximum Gasteiger partial charge on any atom is 0.306 e. The van der Waals surface area contributed by atoms with Gasteiger partial charge in [-0.15, -0.1) is 0 Å². The SMILES string of the molecule is CCCCC/C=C\C/C=C\CCCCCCCCCC(=O)OC(COC(=O)CCCCCCCCCCCCCCCCCC)COC(=O)CCCCCCCCCCCCCCCCCCCCCCCC. The number of carbonyl (C=O) groups excluding carboxylic acids is 3. The van der Waals surface area contributed by atoms with Crippen molar-refractivity contribution in [1.29, 1.82) is 0 Å². The minimum atomic E-state index is -0.772. The molecule has 0 saturated carbocycles. The van der Waals surface area contributed by atoms with Crippen LogP contribution in [-0.2, 0) is 28.6 Å². The predicted molar refractivity (Wildman–Crippen MR) is 316 cm³/mol. The van der Waals surface area contributed by atoms with Crippen molar-refractivity contribution in [2.24, 2.45) is 0 Å². The van der Waals surface area contributed by atoms with E-state index in [0.717, 1.165) is 70.6 Å². The predicted octanol–water partition coefficient (Wildman–Crippen LogP) is 22.2. The fraction of sp³-hybridized carbons (Fsp3) is 0.896. The van der Waals surface area contributed by atoms with Gasteiger partial charge >= 0.3 is 17.9 Å². The van der Waals surface area contributed by atoms with Crippen LogP contribution in [0.5, 0.6) is 0 Å². The van der Waals surface area contributed by atoms with E-state index in [-0.39, 0.29) is 31.1 Å². The second kappa shape index (κ2) is 62.4. The Labute approximate surface area is 455 Å². The monoisotopic (exact) mass is 1030 g/mol. The first-order valence-corrected chi connectivity index (χ1v) is 32.8. The number of esters is 3. The molecule has 0 heterocycles. The maximum atomic E-state index is 12.9. The molecule has 73 heavy (non-hydrogen) atoms. The van der Waals surface area contributed by atoms with Crippen molar-refractivity contribution in [3.63, 3.8) is 0 Å². The zero-order valence-corrected chi connectivity index (χ0v) is 49.4. The molecule has 1 unspecified atom stereocenters. The molecule has 0 saturated heterocycles. The summed E-state index contributed by atoms with van der Waals surface area (Å²) in [6.07, 6.45) is 74.7. The number of carbonyl (C=O) groups is 3. The summed E-state index contributed by atoms with van der Waals surface area (Å²) < 4.78 is 17.0. The Morgan fingerprint density at radius 3 is 0.781 bits per heavy atom. The summed E-state index contributed by atoms with van der Waals surface area (Å²) in [7, 11) is 0. The summed E-state index contributed by atoms with van der Waals surface area (Å²) in [5.41, 5.74) is 0. The van der Waals surface area contributed by atoms with Gasteiger partial charge in [0.15, 0.2) is 6.10 Å². The van der Waals surface area contributed by atoms with Gasteiger partial charge in [0.2, 0.25) is 0 Å². The fourth-order valence-corrected chi connectivity index (χ4v) is 10.0. The van der Waals surface area contributed by atoms with Gasteiger partial charge in [-0.1, -0.05) is 321 Å². The molecule has 0 fully saturated rings. The first-order chi connectivity index (χ1) is 36.0. The molecule has 0 bridgehead atoms. The van der Waals surface area contributed by atoms with Crippen molar-refractivity contribution in [1.82, 2.24) is 0 Å². The van der Waals surface area contributed by atoms with Gasteiger partial charge in [-0.3, -0.25) is 14.4 Å². The molecule has 0 aromatic rings. The van der Waals surface area contributed by atoms with Gasteiger partial charge in [-0.2, -0.15) is 0 Å². The lowest BCUT2D eigenvalue weighted by Crippen LogP contribution is -2.30. The Morgan fingerprint density at radius 1 is 0.274 bits per heavy atom. The molecule has 0 N–H and O–H groups in total. The second-order valence-corrected chi connectivity index (χ2v) is 22.4. The third kappa shape index (κ3) is 60.6. The molecule has 6 heteroatoms. The van der Waals surface area contributed by atoms with Crippen LogP contribution in [0.1, 0.15) is 367 Å². The van der Waals surface area contributed by atoms with E-state index >= 15 is 0 Å². The van der Waals surface area contributed by atoms with Gasteiger partial charge in [-0.05, 0) is 51.4 Å². The van der Waals surface area contributed by atoms with E-state index in [1.54, 1.807) is 0 Å². The molecule has 1 atom stereocenters. The summed E-state index contributed by atoms with van der Waals surface area (Å²) in [6.45, 7) is 6.69. The summed E-state index contributed by atoms with van der Waals surface area (Å²) in [5, 5.41) is 0. The van der Waals surface area contributed by atoms with Crippen molar-refractivity contribution in [2.45, 2.75) is 374 Å². The van der Waals surface area contributed by atoms with Crippen LogP contribution in [0.25, 0.3) is 0 Å². The molecule has 0 spiro atoms. The molecule has 430 valence electrons. The van der Waals surface area contributed by atoms with E-state index in [1.807, 2.05) is 0 Å². The number of hydrogen-bond acceptors (Lipinski definition) is 6. The van der Waals surface area contributed by atoms with Gasteiger partial charge < -0.3 is 14.2 Å². The summed E-state index contributed by atoms with van der Waals surface area (Å²) in [6, 6.07) is 0. The van der Waals surface area contributed by atoms with E-state index in [0.29, 0.717) is 19.3 Å². The van der Waals surface area contributed by atoms with Crippen LogP contribution in [0.3, 0.4) is 0 Å². The number of allylic oxidation sites excluding steroid dienone is 4. The zero-order valence-electron chi connectivity index (χ0n) is 49.4. The summed E-state index contributed by atoms with van der Waals surface area (Å²) in [5.74, 6) is -0.846. The number of unbranched alkanes of at least 4 members (excludes halogenated alkanes) is 46. The Kier molecular flexibility index (Phi) is 60.6. The summed E-state index contributed by atoms with van der Waals surface area (Å²) in [4.78, 5) is 38.3. The van der Waals surface area contributed by atoms with E-state index in [4.69, 9.17) is 14.2 Å². The third-order valence-electron chi connectivity index (χ3n) is 15.0. The lowest BCUT2D eigenvalue weighted by Gasteiger charge is -2.18. The van der Waals surface area contributed by atoms with E-state index in [1.165, 1.54) is 257 Å². The molecular formula is C67H126O6. The molecule has 0 amide bonds. The summed E-state index contributed by atoms with van der Waals surface area (Å²) >= 11 is 0. The molecular weight excluding hydrogens is 901 g/mol. The van der Waals surface area contributed by atoms with Crippen LogP contribution >= 0.6 is 0 Å². The molecule has 0 radical (unpaired) electrons. The van der Waals surface area contributed by atoms with Crippen LogP contribution in [0.15, 0.2) is 24.3 Å². The second-order valence-electron chi connectivity index (χ2n) is 22.4. The minimum absolute atomic E-state index is 0.0683. The molecule has 6 nitrogen and oxygen atoms in total. The number of hydrogen-bond donors (Lipinski definition) is 0. The topological polar surface area (TPSA) is 78.9 Å². The van der Waals surface area contributed by atoms with E-state index in [9.17, 15) is 14.4 Å². The van der Waals surface area contributed by atoms with Gasteiger partial charge in [0.1, 0.15) is 13.2 Å².